The van der Waals surface area contributed by atoms with Crippen molar-refractivity contribution in [2.24, 2.45) is 0 Å². The van der Waals surface area contributed by atoms with Crippen LogP contribution in [0.1, 0.15) is 16.2 Å². The number of H-pyrrole nitrogens is 1. The number of aromatic nitrogens is 2. The standard InChI is InChI=1S/C9H8N2O4/c12-3-5-4-1-2-10-6(4)8(13)7(11-5)9(14)15/h1-2,10,12-13H,3H2,(H,14,15). The van der Waals surface area contributed by atoms with E-state index >= 15 is 0 Å². The van der Waals surface area contributed by atoms with E-state index in [0.29, 0.717) is 5.39 Å². The lowest BCUT2D eigenvalue weighted by Gasteiger charge is -2.04. The number of pyridine rings is 1. The Kier molecular flexibility index (Phi) is 2.05. The Morgan fingerprint density at radius 3 is 2.87 bits per heavy atom. The van der Waals surface area contributed by atoms with Crippen LogP contribution in [0.15, 0.2) is 12.3 Å². The van der Waals surface area contributed by atoms with Gasteiger partial charge in [0.2, 0.25) is 0 Å². The lowest BCUT2D eigenvalue weighted by molar-refractivity contribution is 0.0686. The summed E-state index contributed by atoms with van der Waals surface area (Å²) in [6.07, 6.45) is 1.54. The van der Waals surface area contributed by atoms with Gasteiger partial charge in [0.25, 0.3) is 0 Å². The van der Waals surface area contributed by atoms with Gasteiger partial charge in [-0.3, -0.25) is 0 Å². The van der Waals surface area contributed by atoms with Crippen LogP contribution in [0.25, 0.3) is 10.9 Å². The number of aliphatic hydroxyl groups excluding tert-OH is 1. The van der Waals surface area contributed by atoms with Gasteiger partial charge in [-0.1, -0.05) is 0 Å². The van der Waals surface area contributed by atoms with Crippen molar-refractivity contribution in [3.05, 3.63) is 23.7 Å². The monoisotopic (exact) mass is 208 g/mol. The van der Waals surface area contributed by atoms with Gasteiger partial charge < -0.3 is 20.3 Å². The predicted octanol–water partition coefficient (Wildman–Crippen LogP) is 0.459. The molecule has 0 amide bonds. The molecular weight excluding hydrogens is 200 g/mol. The van der Waals surface area contributed by atoms with Crippen LogP contribution in [0.5, 0.6) is 5.75 Å². The Balaban J connectivity index is 2.84. The number of hydrogen-bond donors (Lipinski definition) is 4. The number of aromatic amines is 1. The van der Waals surface area contributed by atoms with E-state index in [0.717, 1.165) is 0 Å². The number of carboxylic acid groups (broad SMARTS) is 1. The van der Waals surface area contributed by atoms with Crippen LogP contribution in [-0.4, -0.2) is 31.3 Å². The van der Waals surface area contributed by atoms with Gasteiger partial charge >= 0.3 is 5.97 Å². The van der Waals surface area contributed by atoms with Gasteiger partial charge in [-0.25, -0.2) is 9.78 Å². The van der Waals surface area contributed by atoms with Crippen LogP contribution < -0.4 is 0 Å². The number of nitrogens with one attached hydrogen (secondary N) is 1. The third kappa shape index (κ3) is 1.31. The summed E-state index contributed by atoms with van der Waals surface area (Å²) in [6, 6.07) is 1.61. The number of nitrogens with zero attached hydrogens (tertiary/aromatic N) is 1. The molecule has 0 bridgehead atoms. The van der Waals surface area contributed by atoms with E-state index in [9.17, 15) is 9.90 Å². The van der Waals surface area contributed by atoms with Crippen molar-refractivity contribution in [1.82, 2.24) is 9.97 Å². The zero-order valence-electron chi connectivity index (χ0n) is 7.56. The Morgan fingerprint density at radius 1 is 1.53 bits per heavy atom. The number of carbonyl (C=O) groups is 1. The van der Waals surface area contributed by atoms with E-state index in [4.69, 9.17) is 10.2 Å². The topological polar surface area (TPSA) is 106 Å². The van der Waals surface area contributed by atoms with Crippen molar-refractivity contribution >= 4 is 16.9 Å². The third-order valence-electron chi connectivity index (χ3n) is 2.12. The van der Waals surface area contributed by atoms with Crippen LogP contribution in [0, 0.1) is 0 Å². The fourth-order valence-electron chi connectivity index (χ4n) is 1.44. The van der Waals surface area contributed by atoms with E-state index < -0.39 is 17.4 Å². The third-order valence-corrected chi connectivity index (χ3v) is 2.12. The summed E-state index contributed by atoms with van der Waals surface area (Å²) in [5.41, 5.74) is 0.0295. The van der Waals surface area contributed by atoms with E-state index in [-0.39, 0.29) is 17.8 Å². The lowest BCUT2D eigenvalue weighted by Crippen LogP contribution is -2.04. The summed E-state index contributed by atoms with van der Waals surface area (Å²) in [5, 5.41) is 27.9. The maximum absolute atomic E-state index is 10.7. The van der Waals surface area contributed by atoms with Crippen LogP contribution in [0.3, 0.4) is 0 Å². The fraction of sp³-hybridized carbons (Fsp3) is 0.111. The van der Waals surface area contributed by atoms with Gasteiger partial charge in [-0.15, -0.1) is 0 Å². The number of hydrogen-bond acceptors (Lipinski definition) is 4. The molecule has 0 atom stereocenters. The first kappa shape index (κ1) is 9.47. The number of fused-ring (bicyclic) bond motifs is 1. The van der Waals surface area contributed by atoms with Crippen molar-refractivity contribution in [2.75, 3.05) is 0 Å². The molecule has 0 radical (unpaired) electrons. The second-order valence-corrected chi connectivity index (χ2v) is 2.99. The summed E-state index contributed by atoms with van der Waals surface area (Å²) in [5.74, 6) is -1.75. The van der Waals surface area contributed by atoms with Crippen molar-refractivity contribution in [2.45, 2.75) is 6.61 Å². The zero-order valence-corrected chi connectivity index (χ0v) is 7.56. The number of aromatic carboxylic acids is 1. The summed E-state index contributed by atoms with van der Waals surface area (Å²) >= 11 is 0. The molecule has 0 aromatic carbocycles. The lowest BCUT2D eigenvalue weighted by atomic mass is 10.2. The van der Waals surface area contributed by atoms with Gasteiger partial charge in [0.15, 0.2) is 11.4 Å². The largest absolute Gasteiger partial charge is 0.504 e. The molecule has 2 rings (SSSR count). The van der Waals surface area contributed by atoms with E-state index in [2.05, 4.69) is 9.97 Å². The highest BCUT2D eigenvalue weighted by atomic mass is 16.4. The summed E-state index contributed by atoms with van der Waals surface area (Å²) in [7, 11) is 0. The van der Waals surface area contributed by atoms with Gasteiger partial charge in [0, 0.05) is 11.6 Å². The minimum atomic E-state index is -1.33. The molecule has 0 saturated carbocycles. The average molecular weight is 208 g/mol. The molecule has 0 spiro atoms. The predicted molar refractivity (Wildman–Crippen MR) is 50.6 cm³/mol. The molecule has 15 heavy (non-hydrogen) atoms. The number of carboxylic acids is 1. The van der Waals surface area contributed by atoms with E-state index in [1.54, 1.807) is 6.07 Å². The summed E-state index contributed by atoms with van der Waals surface area (Å²) in [4.78, 5) is 17.1. The molecular formula is C9H8N2O4. The Morgan fingerprint density at radius 2 is 2.27 bits per heavy atom. The smallest absolute Gasteiger partial charge is 0.358 e. The minimum absolute atomic E-state index is 0.224. The second kappa shape index (κ2) is 3.25. The van der Waals surface area contributed by atoms with Gasteiger partial charge in [-0.05, 0) is 6.07 Å². The van der Waals surface area contributed by atoms with E-state index in [1.165, 1.54) is 6.20 Å². The molecule has 0 fully saturated rings. The highest BCUT2D eigenvalue weighted by molar-refractivity contribution is 5.97. The maximum Gasteiger partial charge on any atom is 0.358 e. The molecule has 78 valence electrons. The molecule has 2 heterocycles. The molecule has 4 N–H and O–H groups in total. The minimum Gasteiger partial charge on any atom is -0.504 e. The Labute approximate surface area is 83.8 Å². The van der Waals surface area contributed by atoms with Crippen molar-refractivity contribution < 1.29 is 20.1 Å². The normalized spacial score (nSPS) is 10.7. The van der Waals surface area contributed by atoms with Crippen LogP contribution in [0.2, 0.25) is 0 Å². The molecule has 6 heteroatoms. The summed E-state index contributed by atoms with van der Waals surface area (Å²) in [6.45, 7) is -0.380. The molecule has 0 unspecified atom stereocenters. The van der Waals surface area contributed by atoms with Crippen molar-refractivity contribution in [3.8, 4) is 5.75 Å². The molecule has 0 aliphatic rings. The van der Waals surface area contributed by atoms with Gasteiger partial charge in [0.1, 0.15) is 0 Å². The first-order chi connectivity index (χ1) is 7.15. The maximum atomic E-state index is 10.7. The van der Waals surface area contributed by atoms with Crippen molar-refractivity contribution in [3.63, 3.8) is 0 Å². The van der Waals surface area contributed by atoms with Crippen LogP contribution in [-0.2, 0) is 6.61 Å². The highest BCUT2D eigenvalue weighted by Crippen LogP contribution is 2.28. The van der Waals surface area contributed by atoms with Gasteiger partial charge in [0.05, 0.1) is 17.8 Å². The first-order valence-electron chi connectivity index (χ1n) is 4.18. The number of aliphatic hydroxyl groups is 1. The molecule has 0 aliphatic heterocycles. The SMILES string of the molecule is O=C(O)c1nc(CO)c2cc[nH]c2c1O. The molecule has 0 aliphatic carbocycles. The van der Waals surface area contributed by atoms with Crippen LogP contribution in [0.4, 0.5) is 0 Å². The van der Waals surface area contributed by atoms with Crippen molar-refractivity contribution in [1.29, 1.82) is 0 Å². The Bertz CT molecular complexity index is 532. The Hall–Kier alpha value is -2.08. The second-order valence-electron chi connectivity index (χ2n) is 2.99. The first-order valence-corrected chi connectivity index (χ1v) is 4.18. The van der Waals surface area contributed by atoms with Gasteiger partial charge in [-0.2, -0.15) is 0 Å². The zero-order chi connectivity index (χ0) is 11.0. The average Bonchev–Trinajstić information content (AvgIpc) is 2.67. The molecule has 2 aromatic heterocycles. The molecule has 2 aromatic rings. The van der Waals surface area contributed by atoms with Crippen LogP contribution >= 0.6 is 0 Å². The molecule has 6 nitrogen and oxygen atoms in total. The summed E-state index contributed by atoms with van der Waals surface area (Å²) < 4.78 is 0. The molecule has 0 saturated heterocycles. The number of aromatic hydroxyl groups is 1. The fourth-order valence-corrected chi connectivity index (χ4v) is 1.44. The van der Waals surface area contributed by atoms with E-state index in [1.807, 2.05) is 0 Å². The highest BCUT2D eigenvalue weighted by Gasteiger charge is 2.18. The number of rotatable bonds is 2. The quantitative estimate of drug-likeness (QED) is 0.573.